The molecular weight excluding hydrogens is 246 g/mol. The van der Waals surface area contributed by atoms with Gasteiger partial charge in [0.05, 0.1) is 6.10 Å². The number of carboxylic acid groups (broad SMARTS) is 1. The number of carboxylic acids is 1. The standard InChI is InChI=1S/C13H17N3O3/c1-19-9-4-8(5-9)15-12-10(13(17)18)6-14-11(16-12)7-2-3-7/h6-9H,2-5H2,1H3,(H,17,18)(H,14,15,16). The number of nitrogens with zero attached hydrogens (tertiary/aromatic N) is 2. The van der Waals surface area contributed by atoms with Gasteiger partial charge in [-0.25, -0.2) is 14.8 Å². The lowest BCUT2D eigenvalue weighted by Gasteiger charge is -2.35. The fourth-order valence-corrected chi connectivity index (χ4v) is 2.27. The van der Waals surface area contributed by atoms with E-state index in [1.165, 1.54) is 6.20 Å². The van der Waals surface area contributed by atoms with E-state index in [-0.39, 0.29) is 17.7 Å². The number of nitrogens with one attached hydrogen (secondary N) is 1. The van der Waals surface area contributed by atoms with Crippen molar-refractivity contribution < 1.29 is 14.6 Å². The van der Waals surface area contributed by atoms with E-state index in [0.29, 0.717) is 11.7 Å². The zero-order valence-corrected chi connectivity index (χ0v) is 10.8. The Morgan fingerprint density at radius 1 is 1.47 bits per heavy atom. The second-order valence-corrected chi connectivity index (χ2v) is 5.24. The van der Waals surface area contributed by atoms with Crippen LogP contribution in [0.25, 0.3) is 0 Å². The summed E-state index contributed by atoms with van der Waals surface area (Å²) in [7, 11) is 1.69. The van der Waals surface area contributed by atoms with Crippen molar-refractivity contribution in [3.8, 4) is 0 Å². The number of ether oxygens (including phenoxy) is 1. The van der Waals surface area contributed by atoms with E-state index in [0.717, 1.165) is 31.5 Å². The highest BCUT2D eigenvalue weighted by molar-refractivity contribution is 5.92. The summed E-state index contributed by atoms with van der Waals surface area (Å²) in [5.41, 5.74) is 0.144. The maximum Gasteiger partial charge on any atom is 0.341 e. The SMILES string of the molecule is COC1CC(Nc2nc(C3CC3)ncc2C(=O)O)C1. The third kappa shape index (κ3) is 2.53. The minimum atomic E-state index is -0.993. The summed E-state index contributed by atoms with van der Waals surface area (Å²) < 4.78 is 5.21. The van der Waals surface area contributed by atoms with Gasteiger partial charge in [0.15, 0.2) is 0 Å². The first kappa shape index (κ1) is 12.3. The van der Waals surface area contributed by atoms with Crippen molar-refractivity contribution >= 4 is 11.8 Å². The smallest absolute Gasteiger partial charge is 0.341 e. The molecule has 1 aromatic heterocycles. The van der Waals surface area contributed by atoms with Crippen molar-refractivity contribution in [2.45, 2.75) is 43.7 Å². The topological polar surface area (TPSA) is 84.3 Å². The summed E-state index contributed by atoms with van der Waals surface area (Å²) in [5, 5.41) is 12.4. The highest BCUT2D eigenvalue weighted by atomic mass is 16.5. The van der Waals surface area contributed by atoms with Gasteiger partial charge in [-0.15, -0.1) is 0 Å². The van der Waals surface area contributed by atoms with Crippen LogP contribution in [0.4, 0.5) is 5.82 Å². The second kappa shape index (κ2) is 4.77. The average molecular weight is 263 g/mol. The number of hydrogen-bond donors (Lipinski definition) is 2. The van der Waals surface area contributed by atoms with E-state index in [1.807, 2.05) is 0 Å². The molecule has 2 aliphatic carbocycles. The first-order valence-electron chi connectivity index (χ1n) is 6.57. The Hall–Kier alpha value is -1.69. The Balaban J connectivity index is 1.77. The molecule has 3 rings (SSSR count). The van der Waals surface area contributed by atoms with Crippen LogP contribution in [-0.2, 0) is 4.74 Å². The van der Waals surface area contributed by atoms with Gasteiger partial charge in [-0.2, -0.15) is 0 Å². The van der Waals surface area contributed by atoms with Crippen molar-refractivity contribution in [1.29, 1.82) is 0 Å². The van der Waals surface area contributed by atoms with Crippen LogP contribution in [-0.4, -0.2) is 40.3 Å². The molecule has 0 bridgehead atoms. The number of methoxy groups -OCH3 is 1. The lowest BCUT2D eigenvalue weighted by molar-refractivity contribution is 0.0327. The molecule has 0 aromatic carbocycles. The minimum Gasteiger partial charge on any atom is -0.477 e. The van der Waals surface area contributed by atoms with E-state index >= 15 is 0 Å². The van der Waals surface area contributed by atoms with E-state index in [4.69, 9.17) is 9.84 Å². The lowest BCUT2D eigenvalue weighted by Crippen LogP contribution is -2.40. The van der Waals surface area contributed by atoms with Crippen molar-refractivity contribution in [1.82, 2.24) is 9.97 Å². The molecule has 2 fully saturated rings. The van der Waals surface area contributed by atoms with Crippen LogP contribution in [0.1, 0.15) is 47.8 Å². The predicted molar refractivity (Wildman–Crippen MR) is 68.4 cm³/mol. The summed E-state index contributed by atoms with van der Waals surface area (Å²) in [6.45, 7) is 0. The molecule has 0 spiro atoms. The molecule has 0 radical (unpaired) electrons. The molecule has 6 heteroatoms. The Labute approximate surface area is 111 Å². The summed E-state index contributed by atoms with van der Waals surface area (Å²) in [6.07, 6.45) is 5.66. The second-order valence-electron chi connectivity index (χ2n) is 5.24. The van der Waals surface area contributed by atoms with Crippen LogP contribution in [0.5, 0.6) is 0 Å². The maximum absolute atomic E-state index is 11.2. The van der Waals surface area contributed by atoms with Gasteiger partial charge in [0, 0.05) is 25.3 Å². The maximum atomic E-state index is 11.2. The minimum absolute atomic E-state index is 0.144. The highest BCUT2D eigenvalue weighted by Gasteiger charge is 2.32. The molecular formula is C13H17N3O3. The fourth-order valence-electron chi connectivity index (χ4n) is 2.27. The van der Waals surface area contributed by atoms with Crippen LogP contribution in [0.15, 0.2) is 6.20 Å². The van der Waals surface area contributed by atoms with Crippen LogP contribution in [0.3, 0.4) is 0 Å². The van der Waals surface area contributed by atoms with Gasteiger partial charge in [-0.05, 0) is 25.7 Å². The number of carbonyl (C=O) groups is 1. The Morgan fingerprint density at radius 2 is 2.21 bits per heavy atom. The summed E-state index contributed by atoms with van der Waals surface area (Å²) in [6, 6.07) is 0.241. The molecule has 102 valence electrons. The van der Waals surface area contributed by atoms with E-state index < -0.39 is 5.97 Å². The molecule has 1 heterocycles. The molecule has 2 saturated carbocycles. The van der Waals surface area contributed by atoms with Gasteiger partial charge in [-0.3, -0.25) is 0 Å². The van der Waals surface area contributed by atoms with Gasteiger partial charge in [0.1, 0.15) is 17.2 Å². The Kier molecular flexibility index (Phi) is 3.10. The lowest BCUT2D eigenvalue weighted by atomic mass is 9.89. The molecule has 0 amide bonds. The first-order valence-corrected chi connectivity index (χ1v) is 6.57. The zero-order valence-electron chi connectivity index (χ0n) is 10.8. The van der Waals surface area contributed by atoms with Crippen LogP contribution >= 0.6 is 0 Å². The third-order valence-electron chi connectivity index (χ3n) is 3.75. The van der Waals surface area contributed by atoms with Crippen molar-refractivity contribution in [2.75, 3.05) is 12.4 Å². The normalized spacial score (nSPS) is 25.7. The molecule has 0 aliphatic heterocycles. The number of aromatic carboxylic acids is 1. The van der Waals surface area contributed by atoms with Crippen molar-refractivity contribution in [3.05, 3.63) is 17.6 Å². The average Bonchev–Trinajstić information content (AvgIpc) is 3.16. The number of hydrogen-bond acceptors (Lipinski definition) is 5. The number of rotatable bonds is 5. The summed E-state index contributed by atoms with van der Waals surface area (Å²) in [4.78, 5) is 19.7. The molecule has 0 atom stereocenters. The molecule has 19 heavy (non-hydrogen) atoms. The summed E-state index contributed by atoms with van der Waals surface area (Å²) in [5.74, 6) is 0.628. The zero-order chi connectivity index (χ0) is 13.4. The molecule has 2 N–H and O–H groups in total. The Morgan fingerprint density at radius 3 is 2.79 bits per heavy atom. The van der Waals surface area contributed by atoms with Crippen LogP contribution in [0.2, 0.25) is 0 Å². The van der Waals surface area contributed by atoms with Crippen molar-refractivity contribution in [3.63, 3.8) is 0 Å². The first-order chi connectivity index (χ1) is 9.17. The van der Waals surface area contributed by atoms with Gasteiger partial charge in [-0.1, -0.05) is 0 Å². The van der Waals surface area contributed by atoms with E-state index in [1.54, 1.807) is 7.11 Å². The monoisotopic (exact) mass is 263 g/mol. The quantitative estimate of drug-likeness (QED) is 0.840. The highest BCUT2D eigenvalue weighted by Crippen LogP contribution is 2.38. The number of aromatic nitrogens is 2. The Bertz CT molecular complexity index is 496. The predicted octanol–water partition coefficient (Wildman–Crippen LogP) is 1.64. The fraction of sp³-hybridized carbons (Fsp3) is 0.615. The molecule has 0 unspecified atom stereocenters. The third-order valence-corrected chi connectivity index (χ3v) is 3.75. The molecule has 6 nitrogen and oxygen atoms in total. The van der Waals surface area contributed by atoms with Crippen LogP contribution < -0.4 is 5.32 Å². The largest absolute Gasteiger partial charge is 0.477 e. The number of anilines is 1. The van der Waals surface area contributed by atoms with Crippen LogP contribution in [0, 0.1) is 0 Å². The summed E-state index contributed by atoms with van der Waals surface area (Å²) >= 11 is 0. The van der Waals surface area contributed by atoms with Gasteiger partial charge in [0.2, 0.25) is 0 Å². The van der Waals surface area contributed by atoms with Crippen molar-refractivity contribution in [2.24, 2.45) is 0 Å². The molecule has 2 aliphatic rings. The van der Waals surface area contributed by atoms with E-state index in [9.17, 15) is 4.79 Å². The molecule has 0 saturated heterocycles. The van der Waals surface area contributed by atoms with Gasteiger partial charge < -0.3 is 15.2 Å². The molecule has 1 aromatic rings. The van der Waals surface area contributed by atoms with Gasteiger partial charge >= 0.3 is 5.97 Å². The van der Waals surface area contributed by atoms with Gasteiger partial charge in [0.25, 0.3) is 0 Å². The van der Waals surface area contributed by atoms with E-state index in [2.05, 4.69) is 15.3 Å².